The van der Waals surface area contributed by atoms with Crippen molar-refractivity contribution < 1.29 is 18.7 Å². The Morgan fingerprint density at radius 2 is 1.66 bits per heavy atom. The zero-order valence-corrected chi connectivity index (χ0v) is 15.9. The SMILES string of the molecule is O=C(NC(CCc1ccccc1)c1ccc2c(c1)OCCO2)c1ccc(F)cc1. The number of carbonyl (C=O) groups excluding carboxylic acids is 1. The van der Waals surface area contributed by atoms with Crippen LogP contribution in [0.1, 0.15) is 33.9 Å². The van der Waals surface area contributed by atoms with Crippen molar-refractivity contribution in [2.75, 3.05) is 13.2 Å². The molecule has 29 heavy (non-hydrogen) atoms. The molecule has 4 nitrogen and oxygen atoms in total. The maximum atomic E-state index is 13.2. The highest BCUT2D eigenvalue weighted by Gasteiger charge is 2.19. The molecular formula is C24H22FNO3. The Labute approximate surface area is 169 Å². The van der Waals surface area contributed by atoms with Crippen molar-refractivity contribution in [2.45, 2.75) is 18.9 Å². The van der Waals surface area contributed by atoms with Crippen LogP contribution in [0.15, 0.2) is 72.8 Å². The van der Waals surface area contributed by atoms with E-state index in [-0.39, 0.29) is 17.8 Å². The van der Waals surface area contributed by atoms with Gasteiger partial charge in [0.15, 0.2) is 11.5 Å². The number of hydrogen-bond acceptors (Lipinski definition) is 3. The van der Waals surface area contributed by atoms with Gasteiger partial charge in [0.25, 0.3) is 5.91 Å². The fourth-order valence-electron chi connectivity index (χ4n) is 3.40. The Hall–Kier alpha value is -3.34. The predicted molar refractivity (Wildman–Crippen MR) is 109 cm³/mol. The molecule has 0 fully saturated rings. The molecule has 1 unspecified atom stereocenters. The van der Waals surface area contributed by atoms with Crippen molar-refractivity contribution in [2.24, 2.45) is 0 Å². The van der Waals surface area contributed by atoms with Crippen molar-refractivity contribution in [3.63, 3.8) is 0 Å². The summed E-state index contributed by atoms with van der Waals surface area (Å²) in [6.45, 7) is 1.04. The van der Waals surface area contributed by atoms with E-state index in [4.69, 9.17) is 9.47 Å². The van der Waals surface area contributed by atoms with Crippen molar-refractivity contribution in [3.05, 3.63) is 95.3 Å². The lowest BCUT2D eigenvalue weighted by Crippen LogP contribution is -2.29. The number of amides is 1. The number of rotatable bonds is 6. The van der Waals surface area contributed by atoms with Crippen LogP contribution in [-0.2, 0) is 6.42 Å². The van der Waals surface area contributed by atoms with E-state index >= 15 is 0 Å². The van der Waals surface area contributed by atoms with Gasteiger partial charge in [-0.05, 0) is 60.4 Å². The molecule has 1 amide bonds. The molecule has 0 saturated carbocycles. The minimum atomic E-state index is -0.367. The average Bonchev–Trinajstić information content (AvgIpc) is 2.77. The smallest absolute Gasteiger partial charge is 0.251 e. The summed E-state index contributed by atoms with van der Waals surface area (Å²) in [5.74, 6) is 0.799. The van der Waals surface area contributed by atoms with E-state index < -0.39 is 0 Å². The molecule has 1 atom stereocenters. The molecule has 0 aliphatic carbocycles. The first-order valence-corrected chi connectivity index (χ1v) is 9.69. The van der Waals surface area contributed by atoms with E-state index in [0.29, 0.717) is 30.3 Å². The number of benzene rings is 3. The highest BCUT2D eigenvalue weighted by molar-refractivity contribution is 5.94. The summed E-state index contributed by atoms with van der Waals surface area (Å²) in [4.78, 5) is 12.8. The van der Waals surface area contributed by atoms with Gasteiger partial charge >= 0.3 is 0 Å². The molecule has 3 aromatic carbocycles. The van der Waals surface area contributed by atoms with Crippen LogP contribution in [-0.4, -0.2) is 19.1 Å². The lowest BCUT2D eigenvalue weighted by molar-refractivity contribution is 0.0934. The van der Waals surface area contributed by atoms with Crippen LogP contribution in [0, 0.1) is 5.82 Å². The third-order valence-corrected chi connectivity index (χ3v) is 4.94. The second-order valence-electron chi connectivity index (χ2n) is 6.96. The number of fused-ring (bicyclic) bond motifs is 1. The molecule has 1 N–H and O–H groups in total. The number of hydrogen-bond donors (Lipinski definition) is 1. The van der Waals surface area contributed by atoms with Gasteiger partial charge < -0.3 is 14.8 Å². The lowest BCUT2D eigenvalue weighted by Gasteiger charge is -2.23. The van der Waals surface area contributed by atoms with E-state index in [0.717, 1.165) is 18.4 Å². The zero-order valence-electron chi connectivity index (χ0n) is 15.9. The van der Waals surface area contributed by atoms with Crippen molar-refractivity contribution >= 4 is 5.91 Å². The zero-order chi connectivity index (χ0) is 20.1. The van der Waals surface area contributed by atoms with Crippen LogP contribution in [0.25, 0.3) is 0 Å². The summed E-state index contributed by atoms with van der Waals surface area (Å²) < 4.78 is 24.5. The summed E-state index contributed by atoms with van der Waals surface area (Å²) in [5.41, 5.74) is 2.57. The predicted octanol–water partition coefficient (Wildman–Crippen LogP) is 4.70. The van der Waals surface area contributed by atoms with Crippen LogP contribution in [0.2, 0.25) is 0 Å². The minimum Gasteiger partial charge on any atom is -0.486 e. The van der Waals surface area contributed by atoms with Gasteiger partial charge in [0.05, 0.1) is 6.04 Å². The van der Waals surface area contributed by atoms with E-state index in [1.54, 1.807) is 0 Å². The van der Waals surface area contributed by atoms with Crippen molar-refractivity contribution in [1.29, 1.82) is 0 Å². The second-order valence-corrected chi connectivity index (χ2v) is 6.96. The largest absolute Gasteiger partial charge is 0.486 e. The van der Waals surface area contributed by atoms with Crippen LogP contribution >= 0.6 is 0 Å². The molecule has 1 aliphatic rings. The van der Waals surface area contributed by atoms with Crippen molar-refractivity contribution in [3.8, 4) is 11.5 Å². The normalized spacial score (nSPS) is 13.6. The fraction of sp³-hybridized carbons (Fsp3) is 0.208. The molecule has 1 heterocycles. The summed E-state index contributed by atoms with van der Waals surface area (Å²) >= 11 is 0. The molecule has 5 heteroatoms. The molecule has 0 bridgehead atoms. The molecule has 0 spiro atoms. The Morgan fingerprint density at radius 3 is 2.41 bits per heavy atom. The third kappa shape index (κ3) is 4.74. The first kappa shape index (κ1) is 19.0. The molecule has 1 aliphatic heterocycles. The molecule has 4 rings (SSSR count). The highest BCUT2D eigenvalue weighted by Crippen LogP contribution is 2.33. The summed E-state index contributed by atoms with van der Waals surface area (Å²) in [6, 6.07) is 21.2. The summed E-state index contributed by atoms with van der Waals surface area (Å²) in [7, 11) is 0. The minimum absolute atomic E-state index is 0.219. The first-order valence-electron chi connectivity index (χ1n) is 9.69. The number of ether oxygens (including phenoxy) is 2. The molecule has 3 aromatic rings. The topological polar surface area (TPSA) is 47.6 Å². The summed E-state index contributed by atoms with van der Waals surface area (Å²) in [6.07, 6.45) is 1.53. The van der Waals surface area contributed by atoms with Crippen LogP contribution < -0.4 is 14.8 Å². The third-order valence-electron chi connectivity index (χ3n) is 4.94. The molecule has 148 valence electrons. The number of halogens is 1. The highest BCUT2D eigenvalue weighted by atomic mass is 19.1. The van der Waals surface area contributed by atoms with E-state index in [9.17, 15) is 9.18 Å². The van der Waals surface area contributed by atoms with Gasteiger partial charge in [-0.1, -0.05) is 36.4 Å². The lowest BCUT2D eigenvalue weighted by atomic mass is 9.98. The van der Waals surface area contributed by atoms with Crippen LogP contribution in [0.3, 0.4) is 0 Å². The quantitative estimate of drug-likeness (QED) is 0.663. The standard InChI is InChI=1S/C24H22FNO3/c25-20-10-7-18(8-11-20)24(27)26-21(12-6-17-4-2-1-3-5-17)19-9-13-22-23(16-19)29-15-14-28-22/h1-5,7-11,13,16,21H,6,12,14-15H2,(H,26,27). The van der Waals surface area contributed by atoms with Crippen LogP contribution in [0.4, 0.5) is 4.39 Å². The molecule has 0 radical (unpaired) electrons. The maximum absolute atomic E-state index is 13.2. The Balaban J connectivity index is 1.56. The van der Waals surface area contributed by atoms with E-state index in [1.165, 1.54) is 29.8 Å². The Bertz CT molecular complexity index is 973. The maximum Gasteiger partial charge on any atom is 0.251 e. The van der Waals surface area contributed by atoms with E-state index in [1.807, 2.05) is 36.4 Å². The van der Waals surface area contributed by atoms with Crippen molar-refractivity contribution in [1.82, 2.24) is 5.32 Å². The van der Waals surface area contributed by atoms with E-state index in [2.05, 4.69) is 17.4 Å². The Kier molecular flexibility index (Phi) is 5.75. The second kappa shape index (κ2) is 8.78. The van der Waals surface area contributed by atoms with Gasteiger partial charge in [-0.25, -0.2) is 4.39 Å². The van der Waals surface area contributed by atoms with Gasteiger partial charge in [-0.2, -0.15) is 0 Å². The number of nitrogens with one attached hydrogen (secondary N) is 1. The molecule has 0 aromatic heterocycles. The average molecular weight is 391 g/mol. The monoisotopic (exact) mass is 391 g/mol. The van der Waals surface area contributed by atoms with Gasteiger partial charge in [-0.15, -0.1) is 0 Å². The summed E-state index contributed by atoms with van der Waals surface area (Å²) in [5, 5.41) is 3.09. The van der Waals surface area contributed by atoms with Gasteiger partial charge in [0.2, 0.25) is 0 Å². The van der Waals surface area contributed by atoms with Crippen LogP contribution in [0.5, 0.6) is 11.5 Å². The molecule has 0 saturated heterocycles. The van der Waals surface area contributed by atoms with Gasteiger partial charge in [0.1, 0.15) is 19.0 Å². The fourth-order valence-corrected chi connectivity index (χ4v) is 3.40. The number of aryl methyl sites for hydroxylation is 1. The number of carbonyl (C=O) groups is 1. The van der Waals surface area contributed by atoms with Gasteiger partial charge in [0, 0.05) is 5.56 Å². The molecular weight excluding hydrogens is 369 g/mol. The van der Waals surface area contributed by atoms with Gasteiger partial charge in [-0.3, -0.25) is 4.79 Å². The Morgan fingerprint density at radius 1 is 0.931 bits per heavy atom. The first-order chi connectivity index (χ1) is 14.2.